The Labute approximate surface area is 158 Å². The number of rotatable bonds is 3. The van der Waals surface area contributed by atoms with Crippen molar-refractivity contribution in [2.24, 2.45) is 0 Å². The van der Waals surface area contributed by atoms with Gasteiger partial charge in [0.15, 0.2) is 0 Å². The zero-order valence-electron chi connectivity index (χ0n) is 14.9. The Balaban J connectivity index is 0.000000570. The normalized spacial score (nSPS) is 13.1. The number of aromatic nitrogens is 2. The molecule has 0 amide bonds. The molecule has 0 bridgehead atoms. The molecule has 2 rings (SSSR count). The molecule has 5 heteroatoms. The first-order chi connectivity index (χ1) is 10.7. The fourth-order valence-corrected chi connectivity index (χ4v) is 1.96. The molecule has 0 fully saturated rings. The standard InChI is InChI=1S/C14H15N2.C5H12O2.Ir/c1-14(2,3)13-9-12(15-10-16-13)11-7-5-4-6-8-11;1-4(6)3-5(2)7;/h4-7,9-10H,1-3H3;4-7H,3H2,1-2H3;/q-1;;. The van der Waals surface area contributed by atoms with Crippen LogP contribution in [-0.2, 0) is 25.5 Å². The number of hydrogen-bond donors (Lipinski definition) is 2. The second-order valence-corrected chi connectivity index (χ2v) is 6.75. The molecular weight excluding hydrogens is 480 g/mol. The van der Waals surface area contributed by atoms with E-state index in [0.29, 0.717) is 6.42 Å². The van der Waals surface area contributed by atoms with Crippen molar-refractivity contribution >= 4 is 0 Å². The topological polar surface area (TPSA) is 66.2 Å². The van der Waals surface area contributed by atoms with E-state index in [1.54, 1.807) is 20.2 Å². The van der Waals surface area contributed by atoms with Crippen molar-refractivity contribution in [2.45, 2.75) is 58.7 Å². The molecule has 2 unspecified atom stereocenters. The van der Waals surface area contributed by atoms with Crippen molar-refractivity contribution < 1.29 is 30.3 Å². The van der Waals surface area contributed by atoms with Crippen LogP contribution >= 0.6 is 0 Å². The van der Waals surface area contributed by atoms with Crippen LogP contribution in [0.15, 0.2) is 36.7 Å². The second-order valence-electron chi connectivity index (χ2n) is 6.75. The van der Waals surface area contributed by atoms with Crippen molar-refractivity contribution in [3.8, 4) is 11.3 Å². The van der Waals surface area contributed by atoms with Crippen molar-refractivity contribution in [3.63, 3.8) is 0 Å². The molecule has 0 saturated carbocycles. The summed E-state index contributed by atoms with van der Waals surface area (Å²) in [4.78, 5) is 8.59. The van der Waals surface area contributed by atoms with E-state index in [4.69, 9.17) is 10.2 Å². The smallest absolute Gasteiger partial charge is 0.105 e. The molecule has 24 heavy (non-hydrogen) atoms. The van der Waals surface area contributed by atoms with E-state index < -0.39 is 0 Å². The van der Waals surface area contributed by atoms with Gasteiger partial charge in [-0.05, 0) is 26.0 Å². The van der Waals surface area contributed by atoms with Gasteiger partial charge in [0.1, 0.15) is 6.33 Å². The first-order valence-corrected chi connectivity index (χ1v) is 7.86. The van der Waals surface area contributed by atoms with E-state index >= 15 is 0 Å². The predicted molar refractivity (Wildman–Crippen MR) is 93.0 cm³/mol. The van der Waals surface area contributed by atoms with Crippen LogP contribution in [0.5, 0.6) is 0 Å². The summed E-state index contributed by atoms with van der Waals surface area (Å²) in [6.45, 7) is 9.76. The van der Waals surface area contributed by atoms with Gasteiger partial charge in [0.25, 0.3) is 0 Å². The molecule has 0 spiro atoms. The van der Waals surface area contributed by atoms with Crippen molar-refractivity contribution in [3.05, 3.63) is 48.4 Å². The number of aliphatic hydroxyl groups excluding tert-OH is 2. The average Bonchev–Trinajstić information content (AvgIpc) is 2.47. The molecule has 1 heterocycles. The molecular formula is C19H27IrN2O2-. The van der Waals surface area contributed by atoms with Crippen LogP contribution in [-0.4, -0.2) is 32.4 Å². The number of aliphatic hydroxyl groups is 2. The Morgan fingerprint density at radius 2 is 1.71 bits per heavy atom. The van der Waals surface area contributed by atoms with Crippen LogP contribution in [0, 0.1) is 6.07 Å². The minimum atomic E-state index is -0.375. The molecule has 0 aliphatic carbocycles. The SMILES string of the molecule is CC(C)(C)c1cc(-c2[c-]cccc2)ncn1.CC(O)CC(C)O.[Ir]. The Hall–Kier alpha value is -1.13. The van der Waals surface area contributed by atoms with Crippen LogP contribution in [0.3, 0.4) is 0 Å². The summed E-state index contributed by atoms with van der Waals surface area (Å²) in [5.74, 6) is 0. The van der Waals surface area contributed by atoms with Gasteiger partial charge in [-0.2, -0.15) is 0 Å². The minimum Gasteiger partial charge on any atom is -0.393 e. The average molecular weight is 508 g/mol. The minimum absolute atomic E-state index is 0. The Kier molecular flexibility index (Phi) is 10.2. The summed E-state index contributed by atoms with van der Waals surface area (Å²) >= 11 is 0. The fourth-order valence-electron chi connectivity index (χ4n) is 1.96. The molecule has 4 nitrogen and oxygen atoms in total. The van der Waals surface area contributed by atoms with Gasteiger partial charge < -0.3 is 10.2 Å². The van der Waals surface area contributed by atoms with Gasteiger partial charge in [0.05, 0.1) is 12.2 Å². The zero-order chi connectivity index (χ0) is 17.5. The molecule has 2 aromatic rings. The van der Waals surface area contributed by atoms with Crippen LogP contribution in [0.25, 0.3) is 11.3 Å². The maximum absolute atomic E-state index is 8.56. The number of nitrogens with zero attached hydrogens (tertiary/aromatic N) is 2. The van der Waals surface area contributed by atoms with Gasteiger partial charge in [0.2, 0.25) is 0 Å². The molecule has 0 aliphatic rings. The van der Waals surface area contributed by atoms with Crippen molar-refractivity contribution in [1.29, 1.82) is 0 Å². The maximum Gasteiger partial charge on any atom is 0.105 e. The Morgan fingerprint density at radius 3 is 2.12 bits per heavy atom. The Morgan fingerprint density at radius 1 is 1.08 bits per heavy atom. The molecule has 1 aromatic heterocycles. The molecule has 1 aromatic carbocycles. The summed E-state index contributed by atoms with van der Waals surface area (Å²) in [7, 11) is 0. The van der Waals surface area contributed by atoms with Crippen LogP contribution < -0.4 is 0 Å². The fraction of sp³-hybridized carbons (Fsp3) is 0.474. The summed E-state index contributed by atoms with van der Waals surface area (Å²) in [5, 5.41) is 17.1. The van der Waals surface area contributed by atoms with Crippen molar-refractivity contribution in [1.82, 2.24) is 9.97 Å². The maximum atomic E-state index is 8.56. The van der Waals surface area contributed by atoms with E-state index in [-0.39, 0.29) is 37.7 Å². The van der Waals surface area contributed by atoms with Crippen LogP contribution in [0.1, 0.15) is 46.7 Å². The summed E-state index contributed by atoms with van der Waals surface area (Å²) in [6, 6.07) is 13.1. The van der Waals surface area contributed by atoms with Crippen molar-refractivity contribution in [2.75, 3.05) is 0 Å². The third-order valence-corrected chi connectivity index (χ3v) is 3.10. The first-order valence-electron chi connectivity index (χ1n) is 7.86. The third-order valence-electron chi connectivity index (χ3n) is 3.10. The van der Waals surface area contributed by atoms with Crippen LogP contribution in [0.4, 0.5) is 0 Å². The van der Waals surface area contributed by atoms with E-state index in [2.05, 4.69) is 36.8 Å². The number of benzene rings is 1. The second kappa shape index (κ2) is 10.7. The molecule has 0 saturated heterocycles. The molecule has 0 aliphatic heterocycles. The quantitative estimate of drug-likeness (QED) is 0.626. The monoisotopic (exact) mass is 508 g/mol. The van der Waals surface area contributed by atoms with Gasteiger partial charge in [-0.3, -0.25) is 4.98 Å². The molecule has 2 N–H and O–H groups in total. The van der Waals surface area contributed by atoms with E-state index in [1.807, 2.05) is 30.3 Å². The summed E-state index contributed by atoms with van der Waals surface area (Å²) in [6.07, 6.45) is 1.34. The van der Waals surface area contributed by atoms with Gasteiger partial charge in [-0.1, -0.05) is 26.8 Å². The van der Waals surface area contributed by atoms with E-state index in [0.717, 1.165) is 17.0 Å². The molecule has 135 valence electrons. The van der Waals surface area contributed by atoms with E-state index in [9.17, 15) is 0 Å². The zero-order valence-corrected chi connectivity index (χ0v) is 17.3. The third kappa shape index (κ3) is 8.65. The first kappa shape index (κ1) is 22.9. The van der Waals surface area contributed by atoms with Gasteiger partial charge >= 0.3 is 0 Å². The van der Waals surface area contributed by atoms with Crippen LogP contribution in [0.2, 0.25) is 0 Å². The molecule has 2 atom stereocenters. The largest absolute Gasteiger partial charge is 0.393 e. The van der Waals surface area contributed by atoms with Gasteiger partial charge in [-0.15, -0.1) is 35.9 Å². The predicted octanol–water partition coefficient (Wildman–Crippen LogP) is 3.38. The molecule has 1 radical (unpaired) electrons. The van der Waals surface area contributed by atoms with Gasteiger partial charge in [-0.25, -0.2) is 4.98 Å². The van der Waals surface area contributed by atoms with E-state index in [1.165, 1.54) is 0 Å². The Bertz CT molecular complexity index is 575. The summed E-state index contributed by atoms with van der Waals surface area (Å²) in [5.41, 5.74) is 3.04. The number of hydrogen-bond acceptors (Lipinski definition) is 4. The van der Waals surface area contributed by atoms with Gasteiger partial charge in [0, 0.05) is 31.2 Å². The summed E-state index contributed by atoms with van der Waals surface area (Å²) < 4.78 is 0.